The standard InChI is InChI=1S/C26H31N2O.BF4/c1-18(2)21-11-8-12-22(19(3)4)25(21)27-15-16-28(17-27)26-23-10-7-6-9-20(23)13-14-24(26)29-5;2-1(3,4)5/h6-14,17-19H,15-16H2,1-5H3;/q+1;-1. The van der Waals surface area contributed by atoms with Crippen LogP contribution < -0.4 is 9.64 Å². The summed E-state index contributed by atoms with van der Waals surface area (Å²) < 4.78 is 47.2. The number of fused-ring (bicyclic) bond motifs is 1. The molecule has 0 saturated heterocycles. The third-order valence-electron chi connectivity index (χ3n) is 5.86. The average Bonchev–Trinajstić information content (AvgIpc) is 3.25. The fourth-order valence-electron chi connectivity index (χ4n) is 4.38. The molecule has 0 aliphatic carbocycles. The Morgan fingerprint density at radius 1 is 0.853 bits per heavy atom. The highest BCUT2D eigenvalue weighted by atomic mass is 19.5. The van der Waals surface area contributed by atoms with Crippen molar-refractivity contribution in [1.29, 1.82) is 0 Å². The largest absolute Gasteiger partial charge is 0.673 e. The first-order chi connectivity index (χ1) is 16.0. The van der Waals surface area contributed by atoms with Crippen LogP contribution in [0.5, 0.6) is 5.75 Å². The van der Waals surface area contributed by atoms with Gasteiger partial charge in [0.15, 0.2) is 11.4 Å². The number of hydrogen-bond acceptors (Lipinski definition) is 2. The first-order valence-electron chi connectivity index (χ1n) is 11.5. The molecule has 0 aromatic heterocycles. The highest BCUT2D eigenvalue weighted by Gasteiger charge is 2.30. The predicted octanol–water partition coefficient (Wildman–Crippen LogP) is 7.59. The van der Waals surface area contributed by atoms with E-state index in [9.17, 15) is 17.3 Å². The molecule has 0 spiro atoms. The van der Waals surface area contributed by atoms with Crippen molar-refractivity contribution >= 4 is 35.7 Å². The van der Waals surface area contributed by atoms with Gasteiger partial charge in [-0.15, -0.1) is 0 Å². The first-order valence-corrected chi connectivity index (χ1v) is 11.5. The Bertz CT molecular complexity index is 1140. The molecule has 8 heteroatoms. The third kappa shape index (κ3) is 5.90. The van der Waals surface area contributed by atoms with E-state index in [0.29, 0.717) is 11.8 Å². The maximum absolute atomic E-state index is 9.75. The fourth-order valence-corrected chi connectivity index (χ4v) is 4.38. The molecule has 0 amide bonds. The zero-order chi connectivity index (χ0) is 25.0. The van der Waals surface area contributed by atoms with Crippen LogP contribution in [0.2, 0.25) is 0 Å². The topological polar surface area (TPSA) is 15.5 Å². The van der Waals surface area contributed by atoms with E-state index in [4.69, 9.17) is 4.74 Å². The predicted molar refractivity (Wildman–Crippen MR) is 134 cm³/mol. The van der Waals surface area contributed by atoms with Gasteiger partial charge >= 0.3 is 7.25 Å². The van der Waals surface area contributed by atoms with Gasteiger partial charge in [-0.05, 0) is 29.4 Å². The summed E-state index contributed by atoms with van der Waals surface area (Å²) in [6.07, 6.45) is 2.28. The van der Waals surface area contributed by atoms with E-state index < -0.39 is 7.25 Å². The first kappa shape index (κ1) is 25.6. The lowest BCUT2D eigenvalue weighted by Crippen LogP contribution is -2.19. The minimum Gasteiger partial charge on any atom is -0.492 e. The van der Waals surface area contributed by atoms with Gasteiger partial charge in [-0.3, -0.25) is 0 Å². The minimum atomic E-state index is -6.00. The van der Waals surface area contributed by atoms with Gasteiger partial charge in [-0.2, -0.15) is 0 Å². The molecular formula is C26H31BF4N2O. The molecule has 3 aromatic rings. The van der Waals surface area contributed by atoms with Crippen molar-refractivity contribution < 1.29 is 26.6 Å². The van der Waals surface area contributed by atoms with E-state index in [0.717, 1.165) is 24.5 Å². The van der Waals surface area contributed by atoms with E-state index in [1.54, 1.807) is 7.11 Å². The number of hydrogen-bond donors (Lipinski definition) is 0. The second kappa shape index (κ2) is 10.5. The zero-order valence-electron chi connectivity index (χ0n) is 20.2. The Labute approximate surface area is 198 Å². The molecule has 1 aliphatic heterocycles. The molecule has 0 saturated carbocycles. The molecule has 0 N–H and O–H groups in total. The van der Waals surface area contributed by atoms with E-state index >= 15 is 0 Å². The van der Waals surface area contributed by atoms with Crippen LogP contribution in [-0.2, 0) is 0 Å². The van der Waals surface area contributed by atoms with Crippen molar-refractivity contribution in [3.05, 3.63) is 65.7 Å². The zero-order valence-corrected chi connectivity index (χ0v) is 20.2. The smallest absolute Gasteiger partial charge is 0.492 e. The summed E-state index contributed by atoms with van der Waals surface area (Å²) in [5, 5.41) is 2.46. The normalized spacial score (nSPS) is 13.9. The number of rotatable bonds is 5. The number of nitrogens with zero attached hydrogens (tertiary/aromatic N) is 2. The van der Waals surface area contributed by atoms with Crippen LogP contribution in [-0.4, -0.2) is 38.4 Å². The number of anilines is 1. The summed E-state index contributed by atoms with van der Waals surface area (Å²) in [6.45, 7) is 11.0. The summed E-state index contributed by atoms with van der Waals surface area (Å²) in [4.78, 5) is 2.35. The Hall–Kier alpha value is -3.03. The molecular weight excluding hydrogens is 443 g/mol. The number of ether oxygens (including phenoxy) is 1. The molecule has 0 radical (unpaired) electrons. The summed E-state index contributed by atoms with van der Waals surface area (Å²) in [5.41, 5.74) is 5.36. The number of para-hydroxylation sites is 1. The van der Waals surface area contributed by atoms with Crippen LogP contribution in [0.1, 0.15) is 50.7 Å². The van der Waals surface area contributed by atoms with Crippen LogP contribution in [0.25, 0.3) is 10.8 Å². The Morgan fingerprint density at radius 2 is 1.44 bits per heavy atom. The summed E-state index contributed by atoms with van der Waals surface area (Å²) >= 11 is 0. The molecule has 1 aliphatic rings. The van der Waals surface area contributed by atoms with Gasteiger partial charge in [0.05, 0.1) is 7.11 Å². The van der Waals surface area contributed by atoms with Gasteiger partial charge in [0.25, 0.3) is 0 Å². The molecule has 4 rings (SSSR count). The Kier molecular flexibility index (Phi) is 7.90. The van der Waals surface area contributed by atoms with Crippen LogP contribution in [0.15, 0.2) is 54.6 Å². The Morgan fingerprint density at radius 3 is 2.00 bits per heavy atom. The quantitative estimate of drug-likeness (QED) is 0.215. The van der Waals surface area contributed by atoms with Crippen molar-refractivity contribution in [3.63, 3.8) is 0 Å². The maximum Gasteiger partial charge on any atom is 0.673 e. The summed E-state index contributed by atoms with van der Waals surface area (Å²) in [7, 11) is -4.24. The van der Waals surface area contributed by atoms with Gasteiger partial charge < -0.3 is 22.0 Å². The molecule has 3 nitrogen and oxygen atoms in total. The average molecular weight is 474 g/mol. The van der Waals surface area contributed by atoms with Gasteiger partial charge in [0, 0.05) is 16.5 Å². The van der Waals surface area contributed by atoms with E-state index in [1.165, 1.54) is 27.6 Å². The second-order valence-corrected chi connectivity index (χ2v) is 8.93. The molecule has 0 fully saturated rings. The van der Waals surface area contributed by atoms with Crippen molar-refractivity contribution in [1.82, 2.24) is 0 Å². The van der Waals surface area contributed by atoms with Crippen molar-refractivity contribution in [2.45, 2.75) is 39.5 Å². The van der Waals surface area contributed by atoms with E-state index in [2.05, 4.69) is 98.1 Å². The van der Waals surface area contributed by atoms with Gasteiger partial charge in [-0.25, -0.2) is 9.48 Å². The SMILES string of the molecule is COc1ccc2ccccc2c1N1C=[N+](c2c(C(C)C)cccc2C(C)C)CC1.F[B-](F)(F)F. The van der Waals surface area contributed by atoms with Gasteiger partial charge in [0.1, 0.15) is 18.8 Å². The van der Waals surface area contributed by atoms with Crippen molar-refractivity contribution in [2.24, 2.45) is 0 Å². The third-order valence-corrected chi connectivity index (χ3v) is 5.86. The highest BCUT2D eigenvalue weighted by Crippen LogP contribution is 2.39. The summed E-state index contributed by atoms with van der Waals surface area (Å²) in [6, 6.07) is 19.5. The molecule has 3 aromatic carbocycles. The van der Waals surface area contributed by atoms with Crippen LogP contribution in [0.3, 0.4) is 0 Å². The lowest BCUT2D eigenvalue weighted by atomic mass is 9.92. The second-order valence-electron chi connectivity index (χ2n) is 8.93. The van der Waals surface area contributed by atoms with Gasteiger partial charge in [0.2, 0.25) is 6.34 Å². The van der Waals surface area contributed by atoms with Crippen LogP contribution >= 0.6 is 0 Å². The van der Waals surface area contributed by atoms with E-state index in [-0.39, 0.29) is 0 Å². The van der Waals surface area contributed by atoms with E-state index in [1.807, 2.05) is 0 Å². The molecule has 0 unspecified atom stereocenters. The molecule has 0 bridgehead atoms. The van der Waals surface area contributed by atoms with Crippen LogP contribution in [0.4, 0.5) is 28.6 Å². The maximum atomic E-state index is 9.75. The number of halogens is 4. The lowest BCUT2D eigenvalue weighted by Gasteiger charge is -2.18. The molecule has 0 atom stereocenters. The summed E-state index contributed by atoms with van der Waals surface area (Å²) in [5.74, 6) is 1.89. The monoisotopic (exact) mass is 474 g/mol. The highest BCUT2D eigenvalue weighted by molar-refractivity contribution is 6.50. The lowest BCUT2D eigenvalue weighted by molar-refractivity contribution is -0.425. The number of methoxy groups -OCH3 is 1. The molecule has 182 valence electrons. The minimum absolute atomic E-state index is 0.484. The van der Waals surface area contributed by atoms with Crippen LogP contribution in [0, 0.1) is 0 Å². The molecule has 1 heterocycles. The number of benzene rings is 3. The molecule has 34 heavy (non-hydrogen) atoms. The van der Waals surface area contributed by atoms with Gasteiger partial charge in [-0.1, -0.05) is 70.2 Å². The van der Waals surface area contributed by atoms with Crippen molar-refractivity contribution in [2.75, 3.05) is 25.1 Å². The van der Waals surface area contributed by atoms with Crippen molar-refractivity contribution in [3.8, 4) is 5.75 Å². The fraction of sp³-hybridized carbons (Fsp3) is 0.346. The Balaban J connectivity index is 0.000000588.